The number of rotatable bonds is 16. The van der Waals surface area contributed by atoms with E-state index < -0.39 is 23.9 Å². The zero-order valence-corrected chi connectivity index (χ0v) is 36.8. The average Bonchev–Trinajstić information content (AvgIpc) is 3.26. The third kappa shape index (κ3) is 34.4. The van der Waals surface area contributed by atoms with Crippen LogP contribution < -0.4 is 20.8 Å². The number of nitrogens with one attached hydrogen (secondary N) is 2. The molecule has 0 spiro atoms. The minimum absolute atomic E-state index is 0. The van der Waals surface area contributed by atoms with E-state index in [2.05, 4.69) is 38.3 Å². The Bertz CT molecular complexity index is 1330. The molecule has 0 amide bonds. The average molecular weight is 820 g/mol. The normalized spacial score (nSPS) is 9.49. The Morgan fingerprint density at radius 2 is 0.627 bits per heavy atom. The third-order valence-corrected chi connectivity index (χ3v) is 8.00. The van der Waals surface area contributed by atoms with Crippen molar-refractivity contribution >= 4 is 23.9 Å². The zero-order valence-electron chi connectivity index (χ0n) is 37.8. The van der Waals surface area contributed by atoms with Gasteiger partial charge in [0.25, 0.3) is 0 Å². The largest absolute Gasteiger partial charge is 1.00 e. The summed E-state index contributed by atoms with van der Waals surface area (Å²) in [6, 6.07) is 32.7. The fourth-order valence-corrected chi connectivity index (χ4v) is 4.95. The van der Waals surface area contributed by atoms with Crippen LogP contribution >= 0.6 is 0 Å². The van der Waals surface area contributed by atoms with Gasteiger partial charge in [-0.2, -0.15) is 0 Å². The van der Waals surface area contributed by atoms with Crippen LogP contribution in [0.15, 0.2) is 121 Å². The monoisotopic (exact) mass is 820 g/mol. The lowest BCUT2D eigenvalue weighted by Gasteiger charge is -2.39. The smallest absolute Gasteiger partial charge is 0.545 e. The zero-order chi connectivity index (χ0) is 45.2. The summed E-state index contributed by atoms with van der Waals surface area (Å²) in [7, 11) is 7.50. The predicted octanol–water partition coefficient (Wildman–Crippen LogP) is 7.66. The number of unbranched alkanes of at least 4 members (excludes halogenated alkanes) is 4. The van der Waals surface area contributed by atoms with Gasteiger partial charge in [0.1, 0.15) is 0 Å². The number of carboxylic acids is 4. The minimum atomic E-state index is -1.13. The van der Waals surface area contributed by atoms with Gasteiger partial charge in [0, 0.05) is 0 Å². The Morgan fingerprint density at radius 1 is 0.441 bits per heavy atom. The van der Waals surface area contributed by atoms with Crippen molar-refractivity contribution in [2.24, 2.45) is 0 Å². The Hall–Kier alpha value is -5.36. The molecule has 0 heterocycles. The highest BCUT2D eigenvalue weighted by molar-refractivity contribution is 5.88. The van der Waals surface area contributed by atoms with E-state index in [4.69, 9.17) is 10.2 Å². The first-order valence-electron chi connectivity index (χ1n) is 20.4. The maximum atomic E-state index is 10.2. The van der Waals surface area contributed by atoms with Crippen LogP contribution in [0.5, 0.6) is 0 Å². The van der Waals surface area contributed by atoms with E-state index in [0.29, 0.717) is 11.1 Å². The second-order valence-electron chi connectivity index (χ2n) is 13.3. The molecule has 0 radical (unpaired) electrons. The second-order valence-corrected chi connectivity index (χ2v) is 13.3. The Kier molecular flexibility index (Phi) is 40.1. The van der Waals surface area contributed by atoms with E-state index in [1.165, 1.54) is 106 Å². The molecule has 59 heavy (non-hydrogen) atoms. The van der Waals surface area contributed by atoms with Crippen LogP contribution in [0.2, 0.25) is 0 Å². The molecule has 11 nitrogen and oxygen atoms in total. The van der Waals surface area contributed by atoms with Gasteiger partial charge in [0.05, 0.1) is 49.2 Å². The summed E-state index contributed by atoms with van der Waals surface area (Å²) in [5, 5.41) is 42.4. The summed E-state index contributed by atoms with van der Waals surface area (Å²) < 4.78 is 1.42. The lowest BCUT2D eigenvalue weighted by atomic mass is 10.1. The molecular weight excluding hydrogens is 747 g/mol. The predicted molar refractivity (Wildman–Crippen MR) is 239 cm³/mol. The molecule has 0 aromatic heterocycles. The Balaban J connectivity index is -0.000000321. The van der Waals surface area contributed by atoms with Crippen molar-refractivity contribution in [3.8, 4) is 0 Å². The van der Waals surface area contributed by atoms with Crippen LogP contribution in [-0.2, 0) is 0 Å². The van der Waals surface area contributed by atoms with Crippen LogP contribution in [-0.4, -0.2) is 92.9 Å². The van der Waals surface area contributed by atoms with Gasteiger partial charge in [-0.1, -0.05) is 150 Å². The number of hydrogen-bond acceptors (Lipinski definition) is 8. The topological polar surface area (TPSA) is 179 Å². The first-order valence-corrected chi connectivity index (χ1v) is 20.4. The summed E-state index contributed by atoms with van der Waals surface area (Å²) in [4.78, 5) is 40.6. The lowest BCUT2D eigenvalue weighted by Crippen LogP contribution is -2.50. The summed E-state index contributed by atoms with van der Waals surface area (Å²) in [6.07, 6.45) is 11.1. The molecule has 4 N–H and O–H groups in total. The van der Waals surface area contributed by atoms with Crippen LogP contribution in [0, 0.1) is 0 Å². The summed E-state index contributed by atoms with van der Waals surface area (Å²) >= 11 is 0. The highest BCUT2D eigenvalue weighted by Crippen LogP contribution is 2.16. The molecule has 0 unspecified atom stereocenters. The summed E-state index contributed by atoms with van der Waals surface area (Å²) in [6.45, 7) is 15.0. The van der Waals surface area contributed by atoms with Crippen LogP contribution in [0.25, 0.3) is 0 Å². The van der Waals surface area contributed by atoms with Crippen molar-refractivity contribution in [1.82, 2.24) is 10.6 Å². The van der Waals surface area contributed by atoms with E-state index >= 15 is 0 Å². The summed E-state index contributed by atoms with van der Waals surface area (Å²) in [5.41, 5.74) is 1.10. The van der Waals surface area contributed by atoms with Crippen molar-refractivity contribution in [3.63, 3.8) is 0 Å². The molecule has 0 fully saturated rings. The Labute approximate surface area is 356 Å². The second kappa shape index (κ2) is 40.8. The fraction of sp³-hybridized carbons (Fsp3) is 0.417. The highest BCUT2D eigenvalue weighted by atomic mass is 16.4. The van der Waals surface area contributed by atoms with Crippen molar-refractivity contribution in [1.29, 1.82) is 0 Å². The molecule has 0 atom stereocenters. The third-order valence-electron chi connectivity index (χ3n) is 8.00. The molecule has 0 aliphatic rings. The van der Waals surface area contributed by atoms with Gasteiger partial charge in [-0.3, -0.25) is 0 Å². The molecule has 0 bridgehead atoms. The molecule has 4 rings (SSSR count). The molecule has 4 aromatic carbocycles. The molecule has 0 saturated carbocycles. The molecular formula is C48H73N3O8. The standard InChI is InChI=1S/C16H36N.4C7H6O2.2C2H7N/c1-5-9-13-17(14-10-6-2,15-11-7-3)16-12-8-4;4*8-7(9)6-4-2-1-3-5-6;2*1-3-2/h5-16H2,1-4H3;4*1-5H,(H,8,9);2*3H,1-2H3/q+1;;;;;;/p-1. The SMILES string of the molecule is CCCC[N+](CCCC)(CCCC)CCCC.CNC.CNC.O=C(O)c1ccccc1.O=C(O)c1ccccc1.O=C([O-])c1ccccc1.O=C([O-])c1ccccc1.[H+]. The van der Waals surface area contributed by atoms with Gasteiger partial charge in [0.2, 0.25) is 0 Å². The number of carbonyl (C=O) groups is 4. The molecule has 0 aliphatic carbocycles. The number of aromatic carboxylic acids is 4. The lowest BCUT2D eigenvalue weighted by molar-refractivity contribution is -0.929. The van der Waals surface area contributed by atoms with Gasteiger partial charge in [-0.25, -0.2) is 9.59 Å². The van der Waals surface area contributed by atoms with Gasteiger partial charge in [-0.15, -0.1) is 0 Å². The van der Waals surface area contributed by atoms with Crippen molar-refractivity contribution in [2.45, 2.75) is 79.1 Å². The van der Waals surface area contributed by atoms with Gasteiger partial charge >= 0.3 is 13.4 Å². The number of quaternary nitrogens is 1. The quantitative estimate of drug-likeness (QED) is 0.0821. The van der Waals surface area contributed by atoms with Crippen molar-refractivity contribution < 1.29 is 45.5 Å². The molecule has 0 aliphatic heterocycles. The van der Waals surface area contributed by atoms with E-state index in [-0.39, 0.29) is 12.6 Å². The van der Waals surface area contributed by atoms with Gasteiger partial charge < -0.3 is 45.1 Å². The first kappa shape index (κ1) is 58.0. The maximum Gasteiger partial charge on any atom is 1.00 e. The Morgan fingerprint density at radius 3 is 0.746 bits per heavy atom. The van der Waals surface area contributed by atoms with E-state index in [1.807, 2.05) is 28.2 Å². The van der Waals surface area contributed by atoms with Gasteiger partial charge in [0.15, 0.2) is 0 Å². The van der Waals surface area contributed by atoms with Gasteiger partial charge in [-0.05, 0) is 89.3 Å². The number of carbonyl (C=O) groups excluding carboxylic acids is 2. The van der Waals surface area contributed by atoms with E-state index in [1.54, 1.807) is 97.1 Å². The number of nitrogens with zero attached hydrogens (tertiary/aromatic N) is 1. The first-order chi connectivity index (χ1) is 28.3. The van der Waals surface area contributed by atoms with Crippen LogP contribution in [0.3, 0.4) is 0 Å². The van der Waals surface area contributed by atoms with E-state index in [9.17, 15) is 29.4 Å². The summed E-state index contributed by atoms with van der Waals surface area (Å²) in [5.74, 6) is -4.02. The minimum Gasteiger partial charge on any atom is -0.545 e. The molecule has 4 aromatic rings. The molecule has 0 saturated heterocycles. The van der Waals surface area contributed by atoms with Crippen LogP contribution in [0.4, 0.5) is 0 Å². The number of hydrogen-bond donors (Lipinski definition) is 4. The highest BCUT2D eigenvalue weighted by Gasteiger charge is 2.24. The number of benzene rings is 4. The number of carboxylic acid groups (broad SMARTS) is 4. The maximum absolute atomic E-state index is 10.2. The van der Waals surface area contributed by atoms with Crippen LogP contribution in [0.1, 0.15) is 122 Å². The fourth-order valence-electron chi connectivity index (χ4n) is 4.95. The van der Waals surface area contributed by atoms with Crippen molar-refractivity contribution in [3.05, 3.63) is 144 Å². The van der Waals surface area contributed by atoms with E-state index in [0.717, 1.165) is 0 Å². The molecule has 11 heteroatoms. The molecule has 328 valence electrons. The van der Waals surface area contributed by atoms with Crippen molar-refractivity contribution in [2.75, 3.05) is 54.4 Å².